The molecule has 1 unspecified atom stereocenters. The largest absolute Gasteiger partial charge is 0.484 e. The topological polar surface area (TPSA) is 44.8 Å². The number of nitrogens with zero attached hydrogens (tertiary/aromatic N) is 2. The molecule has 168 valence electrons. The van der Waals surface area contributed by atoms with Crippen LogP contribution in [-0.2, 0) is 4.79 Å². The van der Waals surface area contributed by atoms with Crippen molar-refractivity contribution in [1.82, 2.24) is 15.1 Å². The average Bonchev–Trinajstić information content (AvgIpc) is 3.38. The molecule has 0 spiro atoms. The van der Waals surface area contributed by atoms with Crippen LogP contribution in [-0.4, -0.2) is 52.6 Å². The molecule has 0 aromatic heterocycles. The first-order chi connectivity index (χ1) is 15.3. The number of hydrogen-bond donors (Lipinski definition) is 1. The number of carbonyl (C=O) groups is 1. The number of hydrogen-bond acceptors (Lipinski definition) is 3. The summed E-state index contributed by atoms with van der Waals surface area (Å²) < 4.78 is 5.61. The van der Waals surface area contributed by atoms with E-state index in [0.717, 1.165) is 35.9 Å². The smallest absolute Gasteiger partial charge is 0.258 e. The van der Waals surface area contributed by atoms with Gasteiger partial charge in [-0.05, 0) is 79.4 Å². The Balaban J connectivity index is 1.19. The summed E-state index contributed by atoms with van der Waals surface area (Å²) in [7, 11) is 2.06. The highest BCUT2D eigenvalue weighted by Crippen LogP contribution is 2.55. The Labute approximate surface area is 203 Å². The Morgan fingerprint density at radius 3 is 2.38 bits per heavy atom. The van der Waals surface area contributed by atoms with Gasteiger partial charge in [-0.15, -0.1) is 0 Å². The van der Waals surface area contributed by atoms with E-state index in [1.165, 1.54) is 5.56 Å². The molecule has 6 rings (SSSR count). The number of benzene rings is 2. The molecule has 5 nitrogen and oxygen atoms in total. The first-order valence-corrected chi connectivity index (χ1v) is 12.0. The Hall–Kier alpha value is -2.02. The molecule has 2 aromatic carbocycles. The van der Waals surface area contributed by atoms with Gasteiger partial charge in [-0.1, -0.05) is 35.3 Å². The molecule has 0 radical (unpaired) electrons. The lowest BCUT2D eigenvalue weighted by molar-refractivity contribution is -0.125. The maximum Gasteiger partial charge on any atom is 0.258 e. The zero-order chi connectivity index (χ0) is 22.5. The third-order valence-electron chi connectivity index (χ3n) is 7.08. The van der Waals surface area contributed by atoms with Gasteiger partial charge >= 0.3 is 0 Å². The molecule has 1 aliphatic heterocycles. The number of fused-ring (bicyclic) bond motifs is 1. The summed E-state index contributed by atoms with van der Waals surface area (Å²) in [6.07, 6.45) is 2.92. The van der Waals surface area contributed by atoms with Gasteiger partial charge in [-0.25, -0.2) is 0 Å². The van der Waals surface area contributed by atoms with Gasteiger partial charge in [0.25, 0.3) is 5.91 Å². The van der Waals surface area contributed by atoms with Gasteiger partial charge in [0, 0.05) is 35.2 Å². The van der Waals surface area contributed by atoms with Gasteiger partial charge in [0.2, 0.25) is 0 Å². The summed E-state index contributed by atoms with van der Waals surface area (Å²) in [5, 5.41) is 5.51. The van der Waals surface area contributed by atoms with E-state index in [4.69, 9.17) is 40.2 Å². The van der Waals surface area contributed by atoms with Crippen LogP contribution in [0.4, 0.5) is 0 Å². The van der Waals surface area contributed by atoms with Crippen LogP contribution >= 0.6 is 35.4 Å². The summed E-state index contributed by atoms with van der Waals surface area (Å²) >= 11 is 17.8. The van der Waals surface area contributed by atoms with Crippen molar-refractivity contribution in [2.24, 2.45) is 5.92 Å². The van der Waals surface area contributed by atoms with E-state index in [1.807, 2.05) is 12.1 Å². The highest BCUT2D eigenvalue weighted by atomic mass is 35.5. The number of ether oxygens (including phenoxy) is 1. The highest BCUT2D eigenvalue weighted by Gasteiger charge is 2.59. The molecule has 2 aromatic rings. The van der Waals surface area contributed by atoms with Crippen LogP contribution in [0.25, 0.3) is 0 Å². The minimum Gasteiger partial charge on any atom is -0.484 e. The fourth-order valence-electron chi connectivity index (χ4n) is 5.49. The lowest BCUT2D eigenvalue weighted by atomic mass is 9.76. The lowest BCUT2D eigenvalue weighted by Crippen LogP contribution is -2.53. The first-order valence-electron chi connectivity index (χ1n) is 10.8. The Kier molecular flexibility index (Phi) is 5.72. The van der Waals surface area contributed by atoms with Crippen molar-refractivity contribution >= 4 is 46.4 Å². The molecule has 32 heavy (non-hydrogen) atoms. The fraction of sp³-hybridized carbons (Fsp3) is 0.417. The maximum atomic E-state index is 12.6. The van der Waals surface area contributed by atoms with Gasteiger partial charge in [-0.2, -0.15) is 0 Å². The molecule has 3 saturated carbocycles. The number of rotatable bonds is 6. The summed E-state index contributed by atoms with van der Waals surface area (Å²) in [4.78, 5) is 17.1. The zero-order valence-electron chi connectivity index (χ0n) is 17.8. The third kappa shape index (κ3) is 4.04. The molecule has 3 aliphatic carbocycles. The average molecular weight is 490 g/mol. The Bertz CT molecular complexity index is 1020. The highest BCUT2D eigenvalue weighted by molar-refractivity contribution is 7.80. The van der Waals surface area contributed by atoms with E-state index >= 15 is 0 Å². The third-order valence-corrected chi connectivity index (χ3v) is 8.10. The molecule has 1 amide bonds. The van der Waals surface area contributed by atoms with Gasteiger partial charge in [0.05, 0.1) is 6.04 Å². The molecule has 1 saturated heterocycles. The number of carbonyl (C=O) groups excluding carboxylic acids is 1. The molecule has 8 heteroatoms. The molecular formula is C24H25Cl2N3O2S. The van der Waals surface area contributed by atoms with Gasteiger partial charge < -0.3 is 19.9 Å². The van der Waals surface area contributed by atoms with E-state index in [1.54, 1.807) is 24.3 Å². The molecule has 4 fully saturated rings. The van der Waals surface area contributed by atoms with E-state index in [0.29, 0.717) is 22.7 Å². The van der Waals surface area contributed by atoms with Crippen molar-refractivity contribution < 1.29 is 9.53 Å². The van der Waals surface area contributed by atoms with Crippen LogP contribution in [0, 0.1) is 5.92 Å². The SMILES string of the molecule is CN1C(=S)N(C2CC3(NC(=O)COc4ccc(Cl)cc4)CC2C3)C[C@@H]1c1ccc(Cl)cc1. The lowest BCUT2D eigenvalue weighted by Gasteiger charge is -2.39. The number of likely N-dealkylation sites (N-methyl/N-ethyl adjacent to an activating group) is 1. The van der Waals surface area contributed by atoms with Crippen molar-refractivity contribution in [3.63, 3.8) is 0 Å². The van der Waals surface area contributed by atoms with Crippen molar-refractivity contribution in [2.45, 2.75) is 36.9 Å². The van der Waals surface area contributed by atoms with Crippen molar-refractivity contribution in [3.8, 4) is 5.75 Å². The number of amides is 1. The number of nitrogens with one attached hydrogen (secondary N) is 1. The van der Waals surface area contributed by atoms with Gasteiger partial charge in [0.15, 0.2) is 11.7 Å². The Morgan fingerprint density at radius 2 is 1.72 bits per heavy atom. The van der Waals surface area contributed by atoms with Crippen LogP contribution in [0.15, 0.2) is 48.5 Å². The Morgan fingerprint density at radius 1 is 1.09 bits per heavy atom. The summed E-state index contributed by atoms with van der Waals surface area (Å²) in [5.74, 6) is 1.11. The van der Waals surface area contributed by atoms with Crippen LogP contribution in [0.2, 0.25) is 10.0 Å². The second-order valence-corrected chi connectivity index (χ2v) is 10.4. The van der Waals surface area contributed by atoms with Crippen LogP contribution in [0.3, 0.4) is 0 Å². The molecular weight excluding hydrogens is 465 g/mol. The first kappa shape index (κ1) is 21.8. The van der Waals surface area contributed by atoms with Crippen molar-refractivity contribution in [2.75, 3.05) is 20.2 Å². The standard InChI is InChI=1S/C24H25Cl2N3O2S/c1-28-21(15-2-4-17(25)5-3-15)13-29(23(28)32)20-12-24(10-16(20)11-24)27-22(30)14-31-19-8-6-18(26)7-9-19/h2-9,16,20-21H,10-14H2,1H3,(H,27,30)/t16?,20?,21-,24?/m1/s1. The van der Waals surface area contributed by atoms with Crippen LogP contribution in [0.1, 0.15) is 30.9 Å². The van der Waals surface area contributed by atoms with Gasteiger partial charge in [-0.3, -0.25) is 4.79 Å². The number of halogens is 2. The fourth-order valence-corrected chi connectivity index (χ4v) is 6.08. The predicted molar refractivity (Wildman–Crippen MR) is 130 cm³/mol. The molecule has 4 aliphatic rings. The van der Waals surface area contributed by atoms with E-state index < -0.39 is 0 Å². The van der Waals surface area contributed by atoms with Crippen LogP contribution in [0.5, 0.6) is 5.75 Å². The monoisotopic (exact) mass is 489 g/mol. The van der Waals surface area contributed by atoms with Gasteiger partial charge in [0.1, 0.15) is 5.75 Å². The minimum atomic E-state index is -0.137. The maximum absolute atomic E-state index is 12.6. The second kappa shape index (κ2) is 8.40. The molecule has 2 bridgehead atoms. The molecule has 2 atom stereocenters. The molecule has 1 heterocycles. The molecule has 1 N–H and O–H groups in total. The summed E-state index contributed by atoms with van der Waals surface area (Å²) in [6.45, 7) is 0.865. The van der Waals surface area contributed by atoms with Crippen LogP contribution < -0.4 is 10.1 Å². The number of thiocarbonyl (C=S) groups is 1. The summed E-state index contributed by atoms with van der Waals surface area (Å²) in [6, 6.07) is 15.6. The zero-order valence-corrected chi connectivity index (χ0v) is 20.1. The quantitative estimate of drug-likeness (QED) is 0.596. The van der Waals surface area contributed by atoms with Crippen molar-refractivity contribution in [1.29, 1.82) is 0 Å². The normalized spacial score (nSPS) is 28.6. The van der Waals surface area contributed by atoms with E-state index in [2.05, 4.69) is 34.3 Å². The summed E-state index contributed by atoms with van der Waals surface area (Å²) in [5.41, 5.74) is 1.08. The van der Waals surface area contributed by atoms with E-state index in [-0.39, 0.29) is 24.1 Å². The van der Waals surface area contributed by atoms with E-state index in [9.17, 15) is 4.79 Å². The predicted octanol–water partition coefficient (Wildman–Crippen LogP) is 4.68. The second-order valence-electron chi connectivity index (χ2n) is 9.12. The van der Waals surface area contributed by atoms with Crippen molar-refractivity contribution in [3.05, 3.63) is 64.1 Å². The minimum absolute atomic E-state index is 0.00220.